The number of benzene rings is 1. The Kier molecular flexibility index (Phi) is 3.40. The van der Waals surface area contributed by atoms with E-state index in [4.69, 9.17) is 5.73 Å². The number of hydrogen-bond donors (Lipinski definition) is 2. The van der Waals surface area contributed by atoms with Crippen LogP contribution in [0.4, 0.5) is 5.69 Å². The number of rotatable bonds is 2. The van der Waals surface area contributed by atoms with Gasteiger partial charge in [0.05, 0.1) is 5.60 Å². The standard InChI is InChI=1S/C14H22N2O/c1-11-3-4-13(9-12(11)2)16-7-5-14(17,10-15)6-8-16/h3-4,9,17H,5-8,10,15H2,1-2H3. The summed E-state index contributed by atoms with van der Waals surface area (Å²) in [6.07, 6.45) is 1.52. The molecule has 2 rings (SSSR count). The molecule has 1 aromatic rings. The van der Waals surface area contributed by atoms with Crippen LogP contribution in [0, 0.1) is 13.8 Å². The second-order valence-corrected chi connectivity index (χ2v) is 5.18. The summed E-state index contributed by atoms with van der Waals surface area (Å²) < 4.78 is 0. The Hall–Kier alpha value is -1.06. The fourth-order valence-corrected chi connectivity index (χ4v) is 2.31. The van der Waals surface area contributed by atoms with Crippen LogP contribution in [0.3, 0.4) is 0 Å². The molecule has 1 saturated heterocycles. The first kappa shape index (κ1) is 12.4. The fraction of sp³-hybridized carbons (Fsp3) is 0.571. The minimum absolute atomic E-state index is 0.369. The van der Waals surface area contributed by atoms with Crippen molar-refractivity contribution >= 4 is 5.69 Å². The minimum Gasteiger partial charge on any atom is -0.388 e. The molecule has 1 aliphatic heterocycles. The summed E-state index contributed by atoms with van der Waals surface area (Å²) in [6, 6.07) is 6.55. The zero-order valence-electron chi connectivity index (χ0n) is 10.7. The van der Waals surface area contributed by atoms with E-state index in [1.54, 1.807) is 0 Å². The number of nitrogens with two attached hydrogens (primary N) is 1. The average molecular weight is 234 g/mol. The molecule has 1 fully saturated rings. The van der Waals surface area contributed by atoms with Crippen LogP contribution in [0.2, 0.25) is 0 Å². The van der Waals surface area contributed by atoms with Gasteiger partial charge in [0.1, 0.15) is 0 Å². The van der Waals surface area contributed by atoms with Gasteiger partial charge in [-0.05, 0) is 49.9 Å². The molecule has 0 unspecified atom stereocenters. The number of aliphatic hydroxyl groups is 1. The van der Waals surface area contributed by atoms with Crippen molar-refractivity contribution in [1.82, 2.24) is 0 Å². The van der Waals surface area contributed by atoms with Crippen LogP contribution in [0.25, 0.3) is 0 Å². The van der Waals surface area contributed by atoms with Crippen molar-refractivity contribution in [3.8, 4) is 0 Å². The lowest BCUT2D eigenvalue weighted by Gasteiger charge is -2.38. The third kappa shape index (κ3) is 2.61. The molecule has 17 heavy (non-hydrogen) atoms. The van der Waals surface area contributed by atoms with E-state index in [0.717, 1.165) is 25.9 Å². The molecule has 0 spiro atoms. The van der Waals surface area contributed by atoms with Crippen molar-refractivity contribution < 1.29 is 5.11 Å². The second kappa shape index (κ2) is 4.67. The van der Waals surface area contributed by atoms with Crippen LogP contribution < -0.4 is 10.6 Å². The van der Waals surface area contributed by atoms with Crippen LogP contribution in [-0.4, -0.2) is 30.3 Å². The van der Waals surface area contributed by atoms with E-state index in [1.807, 2.05) is 0 Å². The molecule has 0 amide bonds. The Morgan fingerprint density at radius 1 is 1.24 bits per heavy atom. The van der Waals surface area contributed by atoms with Gasteiger partial charge in [-0.15, -0.1) is 0 Å². The molecule has 3 nitrogen and oxygen atoms in total. The summed E-state index contributed by atoms with van der Waals surface area (Å²) in [6.45, 7) is 6.40. The van der Waals surface area contributed by atoms with Crippen LogP contribution in [0.15, 0.2) is 18.2 Å². The van der Waals surface area contributed by atoms with Crippen molar-refractivity contribution in [2.75, 3.05) is 24.5 Å². The minimum atomic E-state index is -0.643. The lowest BCUT2D eigenvalue weighted by molar-refractivity contribution is 0.0250. The van der Waals surface area contributed by atoms with Crippen LogP contribution in [0.5, 0.6) is 0 Å². The zero-order chi connectivity index (χ0) is 12.5. The molecule has 3 heteroatoms. The molecular weight excluding hydrogens is 212 g/mol. The highest BCUT2D eigenvalue weighted by Gasteiger charge is 2.30. The van der Waals surface area contributed by atoms with E-state index in [9.17, 15) is 5.11 Å². The summed E-state index contributed by atoms with van der Waals surface area (Å²) in [5.41, 5.74) is 8.86. The number of piperidine rings is 1. The monoisotopic (exact) mass is 234 g/mol. The maximum absolute atomic E-state index is 10.1. The largest absolute Gasteiger partial charge is 0.388 e. The highest BCUT2D eigenvalue weighted by atomic mass is 16.3. The molecule has 0 bridgehead atoms. The molecule has 1 heterocycles. The molecule has 1 aromatic carbocycles. The molecule has 0 saturated carbocycles. The number of nitrogens with zero attached hydrogens (tertiary/aromatic N) is 1. The molecule has 0 radical (unpaired) electrons. The van der Waals surface area contributed by atoms with E-state index in [1.165, 1.54) is 16.8 Å². The van der Waals surface area contributed by atoms with Gasteiger partial charge in [-0.25, -0.2) is 0 Å². The Morgan fingerprint density at radius 2 is 1.88 bits per heavy atom. The SMILES string of the molecule is Cc1ccc(N2CCC(O)(CN)CC2)cc1C. The normalized spacial score (nSPS) is 19.4. The molecular formula is C14H22N2O. The predicted molar refractivity (Wildman–Crippen MR) is 71.4 cm³/mol. The van der Waals surface area contributed by atoms with Gasteiger partial charge in [0.2, 0.25) is 0 Å². The second-order valence-electron chi connectivity index (χ2n) is 5.18. The number of hydrogen-bond acceptors (Lipinski definition) is 3. The summed E-state index contributed by atoms with van der Waals surface area (Å²) in [4.78, 5) is 2.33. The quantitative estimate of drug-likeness (QED) is 0.817. The highest BCUT2D eigenvalue weighted by Crippen LogP contribution is 2.26. The van der Waals surface area contributed by atoms with Gasteiger partial charge in [0.25, 0.3) is 0 Å². The summed E-state index contributed by atoms with van der Waals surface area (Å²) in [5, 5.41) is 10.1. The summed E-state index contributed by atoms with van der Waals surface area (Å²) in [7, 11) is 0. The topological polar surface area (TPSA) is 49.5 Å². The Bertz CT molecular complexity index is 395. The number of aryl methyl sites for hydroxylation is 2. The van der Waals surface area contributed by atoms with Crippen LogP contribution in [-0.2, 0) is 0 Å². The van der Waals surface area contributed by atoms with Crippen LogP contribution >= 0.6 is 0 Å². The third-order valence-corrected chi connectivity index (χ3v) is 3.93. The van der Waals surface area contributed by atoms with Crippen molar-refractivity contribution in [3.63, 3.8) is 0 Å². The van der Waals surface area contributed by atoms with E-state index in [-0.39, 0.29) is 0 Å². The van der Waals surface area contributed by atoms with Crippen molar-refractivity contribution in [2.45, 2.75) is 32.3 Å². The first-order valence-corrected chi connectivity index (χ1v) is 6.29. The van der Waals surface area contributed by atoms with Crippen molar-refractivity contribution in [1.29, 1.82) is 0 Å². The predicted octanol–water partition coefficient (Wildman–Crippen LogP) is 1.59. The summed E-state index contributed by atoms with van der Waals surface area (Å²) >= 11 is 0. The lowest BCUT2D eigenvalue weighted by Crippen LogP contribution is -2.48. The fourth-order valence-electron chi connectivity index (χ4n) is 2.31. The van der Waals surface area contributed by atoms with E-state index < -0.39 is 5.60 Å². The highest BCUT2D eigenvalue weighted by molar-refractivity contribution is 5.51. The molecule has 94 valence electrons. The Labute approximate surface area is 103 Å². The maximum atomic E-state index is 10.1. The Morgan fingerprint density at radius 3 is 2.41 bits per heavy atom. The summed E-state index contributed by atoms with van der Waals surface area (Å²) in [5.74, 6) is 0. The van der Waals surface area contributed by atoms with Crippen molar-refractivity contribution in [2.24, 2.45) is 5.73 Å². The first-order valence-electron chi connectivity index (χ1n) is 6.29. The van der Waals surface area contributed by atoms with E-state index >= 15 is 0 Å². The molecule has 0 atom stereocenters. The molecule has 1 aliphatic rings. The van der Waals surface area contributed by atoms with Gasteiger partial charge >= 0.3 is 0 Å². The lowest BCUT2D eigenvalue weighted by atomic mass is 9.91. The average Bonchev–Trinajstić information content (AvgIpc) is 2.34. The molecule has 0 aromatic heterocycles. The first-order chi connectivity index (χ1) is 8.04. The van der Waals surface area contributed by atoms with Gasteiger partial charge in [0, 0.05) is 25.3 Å². The Balaban J connectivity index is 2.08. The molecule has 0 aliphatic carbocycles. The van der Waals surface area contributed by atoms with Crippen molar-refractivity contribution in [3.05, 3.63) is 29.3 Å². The maximum Gasteiger partial charge on any atom is 0.0803 e. The van der Waals surface area contributed by atoms with Gasteiger partial charge < -0.3 is 15.7 Å². The third-order valence-electron chi connectivity index (χ3n) is 3.93. The van der Waals surface area contributed by atoms with E-state index in [0.29, 0.717) is 6.54 Å². The van der Waals surface area contributed by atoms with Gasteiger partial charge in [-0.3, -0.25) is 0 Å². The zero-order valence-corrected chi connectivity index (χ0v) is 10.7. The van der Waals surface area contributed by atoms with Crippen LogP contribution in [0.1, 0.15) is 24.0 Å². The smallest absolute Gasteiger partial charge is 0.0803 e. The van der Waals surface area contributed by atoms with Gasteiger partial charge in [-0.1, -0.05) is 6.07 Å². The molecule has 3 N–H and O–H groups in total. The van der Waals surface area contributed by atoms with Gasteiger partial charge in [-0.2, -0.15) is 0 Å². The number of anilines is 1. The van der Waals surface area contributed by atoms with Gasteiger partial charge in [0.15, 0.2) is 0 Å². The van der Waals surface area contributed by atoms with E-state index in [2.05, 4.69) is 36.9 Å².